The van der Waals surface area contributed by atoms with Gasteiger partial charge < -0.3 is 0 Å². The number of hydrogen-bond donors (Lipinski definition) is 0. The second-order valence-electron chi connectivity index (χ2n) is 6.24. The smallest absolute Gasteiger partial charge is 0.269 e. The lowest BCUT2D eigenvalue weighted by molar-refractivity contribution is -0.119. The van der Waals surface area contributed by atoms with E-state index in [-0.39, 0.29) is 11.3 Å². The standard InChI is InChI=1S/C18H19N3O2/c1-12-14(11-19-13(2)20-12)8-9-18(10-16(18)17(22)21-23)15-6-4-3-5-7-15/h3-7,11,16H,8-10H2,1-2H3/t16-,18-/m0/s1. The van der Waals surface area contributed by atoms with Gasteiger partial charge in [-0.3, -0.25) is 4.79 Å². The lowest BCUT2D eigenvalue weighted by Gasteiger charge is -2.17. The highest BCUT2D eigenvalue weighted by Gasteiger charge is 2.59. The summed E-state index contributed by atoms with van der Waals surface area (Å²) in [6.45, 7) is 3.84. The molecule has 1 saturated carbocycles. The van der Waals surface area contributed by atoms with Gasteiger partial charge in [-0.25, -0.2) is 9.97 Å². The summed E-state index contributed by atoms with van der Waals surface area (Å²) in [5.41, 5.74) is 2.89. The minimum atomic E-state index is -0.536. The predicted molar refractivity (Wildman–Crippen MR) is 86.9 cm³/mol. The van der Waals surface area contributed by atoms with Crippen molar-refractivity contribution in [3.8, 4) is 0 Å². The maximum atomic E-state index is 11.8. The monoisotopic (exact) mass is 309 g/mol. The molecule has 5 nitrogen and oxygen atoms in total. The van der Waals surface area contributed by atoms with Gasteiger partial charge in [0.1, 0.15) is 5.82 Å². The van der Waals surface area contributed by atoms with Crippen molar-refractivity contribution in [2.75, 3.05) is 0 Å². The predicted octanol–water partition coefficient (Wildman–Crippen LogP) is 3.28. The minimum absolute atomic E-state index is 0.274. The molecule has 1 aromatic carbocycles. The van der Waals surface area contributed by atoms with Gasteiger partial charge in [0.05, 0.1) is 5.92 Å². The van der Waals surface area contributed by atoms with Crippen LogP contribution < -0.4 is 0 Å². The molecule has 5 heteroatoms. The molecule has 1 aromatic heterocycles. The van der Waals surface area contributed by atoms with E-state index in [4.69, 9.17) is 0 Å². The van der Waals surface area contributed by atoms with Crippen LogP contribution >= 0.6 is 0 Å². The summed E-state index contributed by atoms with van der Waals surface area (Å²) in [5, 5.41) is 2.64. The van der Waals surface area contributed by atoms with Crippen LogP contribution in [0.4, 0.5) is 0 Å². The van der Waals surface area contributed by atoms with Crippen molar-refractivity contribution in [2.45, 2.75) is 38.5 Å². The number of carbonyl (C=O) groups is 1. The summed E-state index contributed by atoms with van der Waals surface area (Å²) in [7, 11) is 0. The van der Waals surface area contributed by atoms with Crippen LogP contribution in [0.3, 0.4) is 0 Å². The zero-order valence-corrected chi connectivity index (χ0v) is 13.3. The molecule has 2 aromatic rings. The average molecular weight is 309 g/mol. The van der Waals surface area contributed by atoms with Crippen molar-refractivity contribution in [2.24, 2.45) is 11.1 Å². The Kier molecular flexibility index (Phi) is 4.03. The SMILES string of the molecule is Cc1ncc(CC[C@@]2(c3ccccc3)C[C@H]2C(=O)N=O)c(C)n1. The number of aryl methyl sites for hydroxylation is 3. The van der Waals surface area contributed by atoms with Crippen LogP contribution in [0.2, 0.25) is 0 Å². The van der Waals surface area contributed by atoms with Crippen molar-refractivity contribution < 1.29 is 4.79 Å². The minimum Gasteiger partial charge on any atom is -0.269 e. The van der Waals surface area contributed by atoms with E-state index in [1.165, 1.54) is 0 Å². The Morgan fingerprint density at radius 3 is 2.70 bits per heavy atom. The number of rotatable bonds is 5. The fourth-order valence-electron chi connectivity index (χ4n) is 3.41. The van der Waals surface area contributed by atoms with Gasteiger partial charge in [-0.05, 0) is 44.2 Å². The number of nitroso groups, excluding NO2 is 1. The quantitative estimate of drug-likeness (QED) is 0.795. The summed E-state index contributed by atoms with van der Waals surface area (Å²) in [6.07, 6.45) is 4.11. The molecule has 0 spiro atoms. The van der Waals surface area contributed by atoms with E-state index in [1.807, 2.05) is 50.4 Å². The number of amides is 1. The van der Waals surface area contributed by atoms with Crippen LogP contribution in [0.15, 0.2) is 41.7 Å². The Labute approximate surface area is 135 Å². The molecular weight excluding hydrogens is 290 g/mol. The van der Waals surface area contributed by atoms with Crippen molar-refractivity contribution in [3.05, 3.63) is 64.1 Å². The lowest BCUT2D eigenvalue weighted by Crippen LogP contribution is -2.16. The molecule has 0 radical (unpaired) electrons. The highest BCUT2D eigenvalue weighted by molar-refractivity contribution is 5.85. The highest BCUT2D eigenvalue weighted by Crippen LogP contribution is 2.57. The summed E-state index contributed by atoms with van der Waals surface area (Å²) in [6, 6.07) is 9.93. The largest absolute Gasteiger partial charge is 0.290 e. The number of benzene rings is 1. The van der Waals surface area contributed by atoms with Crippen LogP contribution in [0.25, 0.3) is 0 Å². The first kappa shape index (κ1) is 15.5. The normalized spacial score (nSPS) is 22.6. The number of aromatic nitrogens is 2. The third-order valence-electron chi connectivity index (χ3n) is 4.85. The average Bonchev–Trinajstić information content (AvgIpc) is 3.30. The zero-order valence-electron chi connectivity index (χ0n) is 13.3. The fraction of sp³-hybridized carbons (Fsp3) is 0.389. The molecule has 0 N–H and O–H groups in total. The molecule has 0 bridgehead atoms. The molecule has 1 fully saturated rings. The van der Waals surface area contributed by atoms with E-state index in [1.54, 1.807) is 0 Å². The van der Waals surface area contributed by atoms with Crippen molar-refractivity contribution in [3.63, 3.8) is 0 Å². The molecule has 23 heavy (non-hydrogen) atoms. The topological polar surface area (TPSA) is 72.3 Å². The van der Waals surface area contributed by atoms with E-state index in [0.29, 0.717) is 6.42 Å². The molecule has 2 atom stereocenters. The first-order valence-electron chi connectivity index (χ1n) is 7.78. The Morgan fingerprint density at radius 1 is 1.30 bits per heavy atom. The van der Waals surface area contributed by atoms with Crippen LogP contribution in [-0.2, 0) is 16.6 Å². The molecule has 0 saturated heterocycles. The van der Waals surface area contributed by atoms with Crippen LogP contribution in [0.5, 0.6) is 0 Å². The molecule has 0 unspecified atom stereocenters. The molecule has 118 valence electrons. The molecule has 3 rings (SSSR count). The summed E-state index contributed by atoms with van der Waals surface area (Å²) in [5.74, 6) is -0.0755. The Morgan fingerprint density at radius 2 is 2.04 bits per heavy atom. The van der Waals surface area contributed by atoms with Crippen LogP contribution in [-0.4, -0.2) is 15.9 Å². The van der Waals surface area contributed by atoms with Gasteiger partial charge in [0.15, 0.2) is 0 Å². The second kappa shape index (κ2) is 5.99. The fourth-order valence-corrected chi connectivity index (χ4v) is 3.41. The van der Waals surface area contributed by atoms with Gasteiger partial charge in [0, 0.05) is 22.5 Å². The number of carbonyl (C=O) groups excluding carboxylic acids is 1. The highest BCUT2D eigenvalue weighted by atomic mass is 16.3. The van der Waals surface area contributed by atoms with Gasteiger partial charge in [0.25, 0.3) is 5.91 Å². The van der Waals surface area contributed by atoms with Crippen LogP contribution in [0, 0.1) is 24.7 Å². The molecule has 1 heterocycles. The summed E-state index contributed by atoms with van der Waals surface area (Å²) in [4.78, 5) is 31.1. The van der Waals surface area contributed by atoms with Gasteiger partial charge in [-0.15, -0.1) is 4.91 Å². The maximum Gasteiger partial charge on any atom is 0.290 e. The Balaban J connectivity index is 1.84. The summed E-state index contributed by atoms with van der Waals surface area (Å²) >= 11 is 0. The first-order valence-corrected chi connectivity index (χ1v) is 7.78. The molecular formula is C18H19N3O2. The van der Waals surface area contributed by atoms with E-state index in [0.717, 1.165) is 35.5 Å². The summed E-state index contributed by atoms with van der Waals surface area (Å²) < 4.78 is 0. The Hall–Kier alpha value is -2.43. The third kappa shape index (κ3) is 2.91. The van der Waals surface area contributed by atoms with E-state index in [9.17, 15) is 9.70 Å². The van der Waals surface area contributed by atoms with Gasteiger partial charge in [-0.1, -0.05) is 30.3 Å². The maximum absolute atomic E-state index is 11.8. The second-order valence-corrected chi connectivity index (χ2v) is 6.24. The zero-order chi connectivity index (χ0) is 16.4. The van der Waals surface area contributed by atoms with Crippen LogP contribution in [0.1, 0.15) is 35.5 Å². The third-order valence-corrected chi connectivity index (χ3v) is 4.85. The van der Waals surface area contributed by atoms with Crippen molar-refractivity contribution >= 4 is 5.91 Å². The number of hydrogen-bond acceptors (Lipinski definition) is 4. The number of nitrogens with zero attached hydrogens (tertiary/aromatic N) is 3. The molecule has 1 aliphatic rings. The van der Waals surface area contributed by atoms with E-state index >= 15 is 0 Å². The lowest BCUT2D eigenvalue weighted by atomic mass is 9.87. The van der Waals surface area contributed by atoms with E-state index in [2.05, 4.69) is 15.1 Å². The Bertz CT molecular complexity index is 745. The first-order chi connectivity index (χ1) is 11.1. The van der Waals surface area contributed by atoms with E-state index < -0.39 is 5.91 Å². The van der Waals surface area contributed by atoms with Gasteiger partial charge in [0.2, 0.25) is 0 Å². The molecule has 0 aliphatic heterocycles. The van der Waals surface area contributed by atoms with Crippen molar-refractivity contribution in [1.29, 1.82) is 0 Å². The van der Waals surface area contributed by atoms with Gasteiger partial charge in [-0.2, -0.15) is 0 Å². The van der Waals surface area contributed by atoms with Gasteiger partial charge >= 0.3 is 0 Å². The molecule has 1 aliphatic carbocycles. The van der Waals surface area contributed by atoms with Crippen molar-refractivity contribution in [1.82, 2.24) is 9.97 Å². The molecule has 1 amide bonds.